The molecule has 0 unspecified atom stereocenters. The molecule has 33 heteroatoms. The first-order chi connectivity index (χ1) is 41.2. The Morgan fingerprint density at radius 3 is 0.409 bits per heavy atom. The van der Waals surface area contributed by atoms with Crippen molar-refractivity contribution < 1.29 is 137 Å². The van der Waals surface area contributed by atoms with E-state index in [1.54, 1.807) is 0 Å². The van der Waals surface area contributed by atoms with Crippen molar-refractivity contribution in [3.63, 3.8) is 0 Å². The number of quaternary nitrogens is 1. The van der Waals surface area contributed by atoms with Crippen LogP contribution in [0.25, 0.3) is 0 Å². The zero-order chi connectivity index (χ0) is 65.4. The molecule has 1 nitrogen and oxygen atoms in total. The molecule has 9 aromatic rings. The van der Waals surface area contributed by atoms with Gasteiger partial charge in [0.05, 0.1) is 22.6 Å². The Morgan fingerprint density at radius 1 is 0.170 bits per heavy atom. The van der Waals surface area contributed by atoms with Gasteiger partial charge in [0, 0.05) is 0 Å². The van der Waals surface area contributed by atoms with Crippen LogP contribution >= 0.6 is 0 Å². The normalized spacial score (nSPS) is 11.8. The van der Waals surface area contributed by atoms with Crippen LogP contribution in [-0.4, -0.2) is 12.6 Å². The second kappa shape index (κ2) is 23.8. The van der Waals surface area contributed by atoms with E-state index in [1.807, 2.05) is 0 Å². The van der Waals surface area contributed by atoms with E-state index < -0.39 is 225 Å². The number of hydrogen-bond donors (Lipinski definition) is 1. The summed E-state index contributed by atoms with van der Waals surface area (Å²) in [7, 11) is 0. The SMILES string of the molecule is Fc1c(F)c(F)c([B-]([NH2+][B-](c2c(F)c(F)c(F)c(F)c2F)(c2c(F)c(F)c(F)c(F)c2F)c2c(F)c(F)c(F)c(F)c2F)(c2c(F)c(F)c(F)c(F)c2F)c2c(F)c(F)c(F)c(F)c2F)c(F)c1F.c1ccc([C+](c2ccccc2)c2ccccc2)cc1. The minimum Gasteiger partial charge on any atom is -0.718 e. The fourth-order valence-corrected chi connectivity index (χ4v) is 10.3. The van der Waals surface area contributed by atoms with E-state index in [0.717, 1.165) is 0 Å². The maximum Gasteiger partial charge on any atom is 0.266 e. The summed E-state index contributed by atoms with van der Waals surface area (Å²) in [4.78, 5) is 0. The monoisotopic (exact) mass is 1280 g/mol. The highest BCUT2D eigenvalue weighted by molar-refractivity contribution is 7.15. The van der Waals surface area contributed by atoms with Gasteiger partial charge in [-0.05, 0) is 72.8 Å². The van der Waals surface area contributed by atoms with Crippen molar-refractivity contribution >= 4 is 45.3 Å². The average Bonchev–Trinajstić information content (AvgIpc) is 0.696. The minimum absolute atomic E-state index is 1.25. The van der Waals surface area contributed by atoms with Crippen LogP contribution in [-0.2, 0) is 0 Å². The summed E-state index contributed by atoms with van der Waals surface area (Å²) >= 11 is 0. The number of rotatable bonds is 11. The first kappa shape index (κ1) is 64.8. The lowest BCUT2D eigenvalue weighted by Crippen LogP contribution is -3.26. The Hall–Kier alpha value is -9.16. The van der Waals surface area contributed by atoms with Gasteiger partial charge in [-0.15, -0.1) is 0 Å². The Labute approximate surface area is 469 Å². The molecule has 0 bridgehead atoms. The van der Waals surface area contributed by atoms with Crippen molar-refractivity contribution in [1.82, 2.24) is 0 Å². The molecule has 0 radical (unpaired) electrons. The van der Waals surface area contributed by atoms with Crippen molar-refractivity contribution in [2.45, 2.75) is 0 Å². The van der Waals surface area contributed by atoms with Gasteiger partial charge < -0.3 is 5.14 Å². The third-order valence-corrected chi connectivity index (χ3v) is 14.0. The van der Waals surface area contributed by atoms with Crippen LogP contribution in [0.3, 0.4) is 0 Å². The topological polar surface area (TPSA) is 16.6 Å². The fourth-order valence-electron chi connectivity index (χ4n) is 10.3. The molecule has 0 aliphatic carbocycles. The predicted molar refractivity (Wildman–Crippen MR) is 249 cm³/mol. The van der Waals surface area contributed by atoms with E-state index >= 15 is 105 Å². The molecule has 0 atom stereocenters. The van der Waals surface area contributed by atoms with E-state index in [-0.39, 0.29) is 0 Å². The zero-order valence-corrected chi connectivity index (χ0v) is 41.7. The first-order valence-corrected chi connectivity index (χ1v) is 23.6. The van der Waals surface area contributed by atoms with Crippen LogP contribution in [0, 0.1) is 180 Å². The number of hydrogen-bond acceptors (Lipinski definition) is 0. The highest BCUT2D eigenvalue weighted by atomic mass is 19.2. The van der Waals surface area contributed by atoms with E-state index in [0.29, 0.717) is 0 Å². The van der Waals surface area contributed by atoms with Gasteiger partial charge in [-0.25, -0.2) is 132 Å². The lowest BCUT2D eigenvalue weighted by molar-refractivity contribution is -0.373. The van der Waals surface area contributed by atoms with Gasteiger partial charge >= 0.3 is 0 Å². The molecule has 0 aliphatic rings. The summed E-state index contributed by atoms with van der Waals surface area (Å²) in [5, 5.41) is -2.43. The van der Waals surface area contributed by atoms with Gasteiger partial charge in [0.2, 0.25) is 0 Å². The van der Waals surface area contributed by atoms with E-state index in [1.165, 1.54) is 22.6 Å². The third-order valence-electron chi connectivity index (χ3n) is 14.0. The third kappa shape index (κ3) is 9.76. The van der Waals surface area contributed by atoms with Gasteiger partial charge in [0.25, 0.3) is 12.6 Å². The molecule has 9 aromatic carbocycles. The maximum absolute atomic E-state index is 16.5. The molecule has 2 N–H and O–H groups in total. The molecule has 0 aromatic heterocycles. The summed E-state index contributed by atoms with van der Waals surface area (Å²) in [6.07, 6.45) is -16.4. The summed E-state index contributed by atoms with van der Waals surface area (Å²) < 4.78 is 470. The van der Waals surface area contributed by atoms with E-state index in [4.69, 9.17) is 0 Å². The zero-order valence-electron chi connectivity index (χ0n) is 41.7. The molecular weight excluding hydrogens is 1270 g/mol. The van der Waals surface area contributed by atoms with E-state index in [9.17, 15) is 26.3 Å². The number of benzene rings is 9. The standard InChI is InChI=1S/C36H2B2F30N.C19H15/c39-7-1(8(40)20(52)31(63)19(7)51)37(2-9(41)21(53)32(64)22(54)10(2)42,3-11(43)23(55)33(65)24(56)12(3)44)69-38(4-13(45)25(57)34(66)26(58)14(4)46,5-15(47)27(59)35(67)28(60)16(5)48)6-17(49)29(61)36(68)30(62)18(6)50;1-4-10-16(11-5-1)19(17-12-6-2-7-13-17)18-14-8-3-9-15-18/h69H2;1-15H/q-1;+1. The van der Waals surface area contributed by atoms with E-state index in [2.05, 4.69) is 91.0 Å². The van der Waals surface area contributed by atoms with Crippen molar-refractivity contribution in [2.24, 2.45) is 0 Å². The van der Waals surface area contributed by atoms with Gasteiger partial charge in [0.1, 0.15) is 69.8 Å². The van der Waals surface area contributed by atoms with Gasteiger partial charge in [-0.3, -0.25) is 0 Å². The molecular formula is C55H17B2F30N. The summed E-state index contributed by atoms with van der Waals surface area (Å²) in [5.41, 5.74) is -21.4. The fraction of sp³-hybridized carbons (Fsp3) is 0. The first-order valence-electron chi connectivity index (χ1n) is 23.6. The van der Waals surface area contributed by atoms with Crippen LogP contribution in [0.15, 0.2) is 91.0 Å². The summed E-state index contributed by atoms with van der Waals surface area (Å²) in [5.74, 6) is -120. The molecule has 0 spiro atoms. The Bertz CT molecular complexity index is 3500. The van der Waals surface area contributed by atoms with Crippen LogP contribution in [0.5, 0.6) is 0 Å². The quantitative estimate of drug-likeness (QED) is 0.0332. The highest BCUT2D eigenvalue weighted by Crippen LogP contribution is 2.33. The minimum atomic E-state index is -8.20. The molecule has 0 saturated carbocycles. The average molecular weight is 1280 g/mol. The second-order valence-corrected chi connectivity index (χ2v) is 18.4. The molecule has 458 valence electrons. The van der Waals surface area contributed by atoms with Gasteiger partial charge in [-0.2, -0.15) is 0 Å². The maximum atomic E-state index is 16.5. The molecule has 0 amide bonds. The molecule has 88 heavy (non-hydrogen) atoms. The Morgan fingerprint density at radius 2 is 0.284 bits per heavy atom. The van der Waals surface area contributed by atoms with Crippen LogP contribution < -0.4 is 37.9 Å². The van der Waals surface area contributed by atoms with Gasteiger partial charge in [0.15, 0.2) is 105 Å². The lowest BCUT2D eigenvalue weighted by Gasteiger charge is -2.54. The molecule has 0 aliphatic heterocycles. The largest absolute Gasteiger partial charge is 0.718 e. The highest BCUT2D eigenvalue weighted by Gasteiger charge is 2.60. The lowest BCUT2D eigenvalue weighted by atomic mass is 9.13. The summed E-state index contributed by atoms with van der Waals surface area (Å²) in [6, 6.07) is 31.6. The smallest absolute Gasteiger partial charge is 0.266 e. The second-order valence-electron chi connectivity index (χ2n) is 18.4. The number of halogens is 30. The van der Waals surface area contributed by atoms with Crippen LogP contribution in [0.1, 0.15) is 16.7 Å². The van der Waals surface area contributed by atoms with Crippen molar-refractivity contribution in [1.29, 1.82) is 0 Å². The molecule has 0 fully saturated rings. The molecule has 0 heterocycles. The van der Waals surface area contributed by atoms with Crippen LogP contribution in [0.2, 0.25) is 0 Å². The Kier molecular flexibility index (Phi) is 17.6. The predicted octanol–water partition coefficient (Wildman–Crippen LogP) is 11.8. The van der Waals surface area contributed by atoms with Gasteiger partial charge in [-0.1, -0.05) is 51.0 Å². The molecule has 0 saturated heterocycles. The Balaban J connectivity index is 0.000000443. The van der Waals surface area contributed by atoms with Crippen molar-refractivity contribution in [2.75, 3.05) is 0 Å². The van der Waals surface area contributed by atoms with Crippen molar-refractivity contribution in [3.8, 4) is 0 Å². The summed E-state index contributed by atoms with van der Waals surface area (Å²) in [6.45, 7) is 0. The molecule has 9 rings (SSSR count). The number of nitrogens with two attached hydrogens (primary N) is 1. The van der Waals surface area contributed by atoms with Crippen LogP contribution in [0.4, 0.5) is 132 Å². The van der Waals surface area contributed by atoms with Crippen molar-refractivity contribution in [3.05, 3.63) is 288 Å².